The first-order valence-corrected chi connectivity index (χ1v) is 9.79. The van der Waals surface area contributed by atoms with Crippen molar-refractivity contribution in [2.75, 3.05) is 6.61 Å². The zero-order valence-electron chi connectivity index (χ0n) is 17.1. The lowest BCUT2D eigenvalue weighted by Gasteiger charge is -2.57. The summed E-state index contributed by atoms with van der Waals surface area (Å²) in [5, 5.41) is 3.01. The number of para-hydroxylation sites is 1. The smallest absolute Gasteiger partial charge is 0.241 e. The molecule has 1 fully saturated rings. The Balaban J connectivity index is 1.70. The van der Waals surface area contributed by atoms with Gasteiger partial charge in [0.2, 0.25) is 5.91 Å². The molecule has 1 aliphatic carbocycles. The monoisotopic (exact) mass is 382 g/mol. The first-order chi connectivity index (χ1) is 13.3. The second kappa shape index (κ2) is 7.94. The summed E-state index contributed by atoms with van der Waals surface area (Å²) in [6, 6.07) is 15.6. The quantitative estimate of drug-likeness (QED) is 0.761. The predicted octanol–water partition coefficient (Wildman–Crippen LogP) is 3.94. The van der Waals surface area contributed by atoms with Crippen LogP contribution in [0.15, 0.2) is 48.5 Å². The van der Waals surface area contributed by atoms with Gasteiger partial charge in [0.1, 0.15) is 17.0 Å². The van der Waals surface area contributed by atoms with Crippen LogP contribution in [0.2, 0.25) is 0 Å². The number of hydrogen-bond donors (Lipinski definition) is 2. The molecule has 1 aliphatic rings. The second-order valence-electron chi connectivity index (χ2n) is 8.05. The van der Waals surface area contributed by atoms with Gasteiger partial charge in [0.05, 0.1) is 6.10 Å². The van der Waals surface area contributed by atoms with Crippen LogP contribution in [0.4, 0.5) is 0 Å². The molecule has 5 heteroatoms. The van der Waals surface area contributed by atoms with Gasteiger partial charge in [-0.05, 0) is 37.6 Å². The van der Waals surface area contributed by atoms with E-state index in [1.807, 2.05) is 76.2 Å². The number of nitrogens with two attached hydrogens (primary N) is 1. The van der Waals surface area contributed by atoms with Crippen LogP contribution in [-0.4, -0.2) is 24.2 Å². The van der Waals surface area contributed by atoms with E-state index in [0.29, 0.717) is 19.6 Å². The van der Waals surface area contributed by atoms with Gasteiger partial charge in [0.25, 0.3) is 0 Å². The molecule has 0 bridgehead atoms. The molecule has 150 valence electrons. The van der Waals surface area contributed by atoms with Crippen LogP contribution in [0.3, 0.4) is 0 Å². The number of hydrogen-bond acceptors (Lipinski definition) is 4. The number of rotatable bonds is 7. The number of aryl methyl sites for hydroxylation is 1. The van der Waals surface area contributed by atoms with E-state index in [2.05, 4.69) is 5.32 Å². The molecule has 2 aromatic carbocycles. The molecule has 0 saturated heterocycles. The van der Waals surface area contributed by atoms with Crippen LogP contribution >= 0.6 is 0 Å². The maximum Gasteiger partial charge on any atom is 0.241 e. The molecular weight excluding hydrogens is 352 g/mol. The number of ether oxygens (including phenoxy) is 2. The van der Waals surface area contributed by atoms with Gasteiger partial charge in [-0.1, -0.05) is 44.2 Å². The lowest BCUT2D eigenvalue weighted by molar-refractivity contribution is -0.170. The summed E-state index contributed by atoms with van der Waals surface area (Å²) in [7, 11) is 0. The van der Waals surface area contributed by atoms with E-state index in [0.717, 1.165) is 22.6 Å². The highest BCUT2D eigenvalue weighted by atomic mass is 16.5. The Morgan fingerprint density at radius 1 is 1.21 bits per heavy atom. The minimum Gasteiger partial charge on any atom is -0.457 e. The van der Waals surface area contributed by atoms with Crippen LogP contribution in [0.1, 0.15) is 38.3 Å². The zero-order valence-corrected chi connectivity index (χ0v) is 17.1. The average molecular weight is 383 g/mol. The van der Waals surface area contributed by atoms with Gasteiger partial charge in [0, 0.05) is 30.6 Å². The van der Waals surface area contributed by atoms with Crippen LogP contribution in [0.25, 0.3) is 0 Å². The van der Waals surface area contributed by atoms with Crippen LogP contribution in [-0.2, 0) is 16.1 Å². The Hall–Kier alpha value is -2.37. The van der Waals surface area contributed by atoms with E-state index >= 15 is 0 Å². The Kier molecular flexibility index (Phi) is 5.77. The van der Waals surface area contributed by atoms with Crippen molar-refractivity contribution in [3.05, 3.63) is 59.7 Å². The van der Waals surface area contributed by atoms with E-state index in [9.17, 15) is 4.79 Å². The summed E-state index contributed by atoms with van der Waals surface area (Å²) in [6.45, 7) is 8.93. The third kappa shape index (κ3) is 3.77. The third-order valence-electron chi connectivity index (χ3n) is 5.87. The molecule has 0 aromatic heterocycles. The van der Waals surface area contributed by atoms with E-state index in [-0.39, 0.29) is 12.0 Å². The Morgan fingerprint density at radius 2 is 1.93 bits per heavy atom. The maximum absolute atomic E-state index is 12.9. The molecule has 28 heavy (non-hydrogen) atoms. The molecule has 5 nitrogen and oxygen atoms in total. The van der Waals surface area contributed by atoms with Gasteiger partial charge >= 0.3 is 0 Å². The van der Waals surface area contributed by atoms with Crippen molar-refractivity contribution in [1.29, 1.82) is 0 Å². The molecule has 1 amide bonds. The van der Waals surface area contributed by atoms with Crippen molar-refractivity contribution in [1.82, 2.24) is 5.32 Å². The summed E-state index contributed by atoms with van der Waals surface area (Å²) < 4.78 is 11.8. The van der Waals surface area contributed by atoms with Gasteiger partial charge in [-0.3, -0.25) is 4.79 Å². The fraction of sp³-hybridized carbons (Fsp3) is 0.435. The van der Waals surface area contributed by atoms with Crippen molar-refractivity contribution in [3.8, 4) is 11.5 Å². The number of amides is 1. The van der Waals surface area contributed by atoms with Gasteiger partial charge < -0.3 is 20.5 Å². The molecule has 1 saturated carbocycles. The van der Waals surface area contributed by atoms with Crippen molar-refractivity contribution in [2.45, 2.75) is 52.3 Å². The van der Waals surface area contributed by atoms with Crippen LogP contribution in [0, 0.1) is 12.3 Å². The van der Waals surface area contributed by atoms with E-state index in [1.54, 1.807) is 0 Å². The largest absolute Gasteiger partial charge is 0.457 e. The first kappa shape index (κ1) is 20.4. The summed E-state index contributed by atoms with van der Waals surface area (Å²) in [5.41, 5.74) is 7.13. The topological polar surface area (TPSA) is 73.6 Å². The molecule has 2 aromatic rings. The van der Waals surface area contributed by atoms with Crippen molar-refractivity contribution in [2.24, 2.45) is 11.1 Å². The minimum atomic E-state index is -0.933. The molecule has 0 heterocycles. The molecule has 0 aliphatic heterocycles. The van der Waals surface area contributed by atoms with Gasteiger partial charge in [-0.15, -0.1) is 0 Å². The van der Waals surface area contributed by atoms with Gasteiger partial charge in [-0.25, -0.2) is 0 Å². The average Bonchev–Trinajstić information content (AvgIpc) is 2.67. The van der Waals surface area contributed by atoms with E-state index in [1.165, 1.54) is 0 Å². The van der Waals surface area contributed by atoms with Crippen molar-refractivity contribution < 1.29 is 14.3 Å². The first-order valence-electron chi connectivity index (χ1n) is 9.79. The molecule has 3 rings (SSSR count). The third-order valence-corrected chi connectivity index (χ3v) is 5.87. The number of carbonyl (C=O) groups excluding carboxylic acids is 1. The fourth-order valence-electron chi connectivity index (χ4n) is 3.67. The molecule has 2 atom stereocenters. The lowest BCUT2D eigenvalue weighted by atomic mass is 9.54. The van der Waals surface area contributed by atoms with Crippen LogP contribution in [0.5, 0.6) is 11.5 Å². The highest BCUT2D eigenvalue weighted by Crippen LogP contribution is 2.49. The SMILES string of the molecule is CCOC1CC(N)(C(=O)NCc2ccc(C)cc2Oc2ccccc2)C1(C)C. The molecule has 0 spiro atoms. The highest BCUT2D eigenvalue weighted by Gasteiger charge is 2.62. The Morgan fingerprint density at radius 3 is 2.57 bits per heavy atom. The molecular formula is C23H30N2O3. The van der Waals surface area contributed by atoms with Crippen LogP contribution < -0.4 is 15.8 Å². The molecule has 2 unspecified atom stereocenters. The molecule has 0 radical (unpaired) electrons. The molecule has 3 N–H and O–H groups in total. The zero-order chi connectivity index (χ0) is 20.4. The minimum absolute atomic E-state index is 0.00426. The number of benzene rings is 2. The van der Waals surface area contributed by atoms with E-state index in [4.69, 9.17) is 15.2 Å². The van der Waals surface area contributed by atoms with Crippen molar-refractivity contribution >= 4 is 5.91 Å². The standard InChI is InChI=1S/C23H30N2O3/c1-5-27-20-14-23(24,22(20,3)4)21(26)25-15-17-12-11-16(2)13-19(17)28-18-9-7-6-8-10-18/h6-13,20H,5,14-15,24H2,1-4H3,(H,25,26). The summed E-state index contributed by atoms with van der Waals surface area (Å²) in [6.07, 6.45) is 0.533. The normalized spacial score (nSPS) is 23.0. The fourth-order valence-corrected chi connectivity index (χ4v) is 3.67. The number of nitrogens with one attached hydrogen (secondary N) is 1. The Labute approximate surface area is 167 Å². The van der Waals surface area contributed by atoms with E-state index < -0.39 is 11.0 Å². The summed E-state index contributed by atoms with van der Waals surface area (Å²) in [4.78, 5) is 12.9. The maximum atomic E-state index is 12.9. The number of carbonyl (C=O) groups is 1. The predicted molar refractivity (Wildman–Crippen MR) is 110 cm³/mol. The second-order valence-corrected chi connectivity index (χ2v) is 8.05. The van der Waals surface area contributed by atoms with Gasteiger partial charge in [-0.2, -0.15) is 0 Å². The highest BCUT2D eigenvalue weighted by molar-refractivity contribution is 5.88. The lowest BCUT2D eigenvalue weighted by Crippen LogP contribution is -2.75. The Bertz CT molecular complexity index is 835. The summed E-state index contributed by atoms with van der Waals surface area (Å²) >= 11 is 0. The van der Waals surface area contributed by atoms with Crippen molar-refractivity contribution in [3.63, 3.8) is 0 Å². The van der Waals surface area contributed by atoms with Gasteiger partial charge in [0.15, 0.2) is 0 Å². The summed E-state index contributed by atoms with van der Waals surface area (Å²) in [5.74, 6) is 1.34.